The first kappa shape index (κ1) is 9.29. The summed E-state index contributed by atoms with van der Waals surface area (Å²) in [6.45, 7) is 1.45. The zero-order valence-electron chi connectivity index (χ0n) is 6.69. The molecule has 0 aliphatic carbocycles. The standard InChI is InChI=1S/C9H10O2S/c1-6(10)9(11)7-4-2-3-5-8(7)12/h2-6,10,12H,1H3. The average molecular weight is 182 g/mol. The smallest absolute Gasteiger partial charge is 0.192 e. The molecule has 2 nitrogen and oxygen atoms in total. The van der Waals surface area contributed by atoms with Gasteiger partial charge in [0, 0.05) is 10.5 Å². The molecule has 1 aromatic carbocycles. The monoisotopic (exact) mass is 182 g/mol. The molecular formula is C9H10O2S. The molecule has 0 radical (unpaired) electrons. The van der Waals surface area contributed by atoms with Crippen molar-refractivity contribution in [1.29, 1.82) is 0 Å². The molecule has 1 aromatic rings. The van der Waals surface area contributed by atoms with Gasteiger partial charge >= 0.3 is 0 Å². The molecule has 0 heterocycles. The Morgan fingerprint density at radius 3 is 2.58 bits per heavy atom. The Labute approximate surface area is 76.6 Å². The van der Waals surface area contributed by atoms with Crippen molar-refractivity contribution in [2.45, 2.75) is 17.9 Å². The highest BCUT2D eigenvalue weighted by Crippen LogP contribution is 2.14. The van der Waals surface area contributed by atoms with Gasteiger partial charge in [0.1, 0.15) is 6.10 Å². The van der Waals surface area contributed by atoms with Crippen LogP contribution >= 0.6 is 12.6 Å². The molecule has 0 aromatic heterocycles. The molecule has 1 atom stereocenters. The number of carbonyl (C=O) groups excluding carboxylic acids is 1. The fourth-order valence-electron chi connectivity index (χ4n) is 0.907. The highest BCUT2D eigenvalue weighted by atomic mass is 32.1. The molecule has 1 rings (SSSR count). The molecule has 0 spiro atoms. The van der Waals surface area contributed by atoms with E-state index in [0.717, 1.165) is 0 Å². The van der Waals surface area contributed by atoms with Crippen molar-refractivity contribution >= 4 is 18.4 Å². The average Bonchev–Trinajstić information content (AvgIpc) is 2.04. The molecule has 1 N–H and O–H groups in total. The van der Waals surface area contributed by atoms with Crippen molar-refractivity contribution in [3.63, 3.8) is 0 Å². The Kier molecular flexibility index (Phi) is 2.89. The van der Waals surface area contributed by atoms with Crippen molar-refractivity contribution in [2.75, 3.05) is 0 Å². The lowest BCUT2D eigenvalue weighted by molar-refractivity contribution is 0.0776. The Hall–Kier alpha value is -0.800. The first-order valence-electron chi connectivity index (χ1n) is 3.63. The van der Waals surface area contributed by atoms with Crippen molar-refractivity contribution in [2.24, 2.45) is 0 Å². The van der Waals surface area contributed by atoms with Gasteiger partial charge in [0.15, 0.2) is 5.78 Å². The first-order valence-corrected chi connectivity index (χ1v) is 4.08. The van der Waals surface area contributed by atoms with E-state index in [1.807, 2.05) is 0 Å². The molecule has 64 valence electrons. The van der Waals surface area contributed by atoms with E-state index in [4.69, 9.17) is 5.11 Å². The summed E-state index contributed by atoms with van der Waals surface area (Å²) in [6, 6.07) is 6.91. The molecule has 0 amide bonds. The molecule has 0 aliphatic heterocycles. The number of thiol groups is 1. The number of hydrogen-bond acceptors (Lipinski definition) is 3. The van der Waals surface area contributed by atoms with Gasteiger partial charge in [-0.25, -0.2) is 0 Å². The molecule has 0 saturated heterocycles. The largest absolute Gasteiger partial charge is 0.385 e. The predicted octanol–water partition coefficient (Wildman–Crippen LogP) is 1.54. The highest BCUT2D eigenvalue weighted by molar-refractivity contribution is 7.80. The lowest BCUT2D eigenvalue weighted by Gasteiger charge is -2.04. The molecule has 1 unspecified atom stereocenters. The van der Waals surface area contributed by atoms with E-state index < -0.39 is 6.10 Å². The second-order valence-electron chi connectivity index (χ2n) is 2.56. The number of aliphatic hydroxyl groups excluding tert-OH is 1. The summed E-state index contributed by atoms with van der Waals surface area (Å²) < 4.78 is 0. The lowest BCUT2D eigenvalue weighted by Crippen LogP contribution is -2.16. The maximum Gasteiger partial charge on any atom is 0.192 e. The van der Waals surface area contributed by atoms with Crippen molar-refractivity contribution < 1.29 is 9.90 Å². The third-order valence-electron chi connectivity index (χ3n) is 1.55. The van der Waals surface area contributed by atoms with E-state index in [1.165, 1.54) is 6.92 Å². The van der Waals surface area contributed by atoms with Gasteiger partial charge in [0.05, 0.1) is 0 Å². The van der Waals surface area contributed by atoms with E-state index in [9.17, 15) is 4.79 Å². The zero-order valence-corrected chi connectivity index (χ0v) is 7.58. The van der Waals surface area contributed by atoms with Gasteiger partial charge in [-0.05, 0) is 13.0 Å². The van der Waals surface area contributed by atoms with Crippen LogP contribution in [-0.4, -0.2) is 17.0 Å². The summed E-state index contributed by atoms with van der Waals surface area (Å²) >= 11 is 4.10. The molecule has 0 aliphatic rings. The van der Waals surface area contributed by atoms with E-state index >= 15 is 0 Å². The van der Waals surface area contributed by atoms with E-state index in [-0.39, 0.29) is 5.78 Å². The fraction of sp³-hybridized carbons (Fsp3) is 0.222. The van der Waals surface area contributed by atoms with Gasteiger partial charge in [-0.15, -0.1) is 12.6 Å². The third-order valence-corrected chi connectivity index (χ3v) is 1.94. The Morgan fingerprint density at radius 2 is 2.08 bits per heavy atom. The normalized spacial score (nSPS) is 12.6. The summed E-state index contributed by atoms with van der Waals surface area (Å²) in [7, 11) is 0. The zero-order chi connectivity index (χ0) is 9.14. The summed E-state index contributed by atoms with van der Waals surface area (Å²) in [4.78, 5) is 11.9. The van der Waals surface area contributed by atoms with Crippen LogP contribution < -0.4 is 0 Å². The summed E-state index contributed by atoms with van der Waals surface area (Å²) in [5.74, 6) is -0.291. The molecule has 0 bridgehead atoms. The van der Waals surface area contributed by atoms with Crippen LogP contribution in [0.25, 0.3) is 0 Å². The van der Waals surface area contributed by atoms with Gasteiger partial charge in [-0.3, -0.25) is 4.79 Å². The van der Waals surface area contributed by atoms with Gasteiger partial charge < -0.3 is 5.11 Å². The maximum atomic E-state index is 11.3. The summed E-state index contributed by atoms with van der Waals surface area (Å²) in [5.41, 5.74) is 0.468. The van der Waals surface area contributed by atoms with Gasteiger partial charge in [-0.2, -0.15) is 0 Å². The number of benzene rings is 1. The van der Waals surface area contributed by atoms with E-state index in [1.54, 1.807) is 24.3 Å². The van der Waals surface area contributed by atoms with Crippen LogP contribution in [0.5, 0.6) is 0 Å². The van der Waals surface area contributed by atoms with Crippen LogP contribution in [0.1, 0.15) is 17.3 Å². The molecule has 0 saturated carbocycles. The van der Waals surface area contributed by atoms with Crippen LogP contribution in [-0.2, 0) is 0 Å². The number of hydrogen-bond donors (Lipinski definition) is 2. The Bertz CT molecular complexity index is 294. The summed E-state index contributed by atoms with van der Waals surface area (Å²) in [5, 5.41) is 9.02. The minimum atomic E-state index is -0.960. The minimum Gasteiger partial charge on any atom is -0.385 e. The number of carbonyl (C=O) groups is 1. The quantitative estimate of drug-likeness (QED) is 0.537. The van der Waals surface area contributed by atoms with Crippen LogP contribution in [0.4, 0.5) is 0 Å². The second-order valence-corrected chi connectivity index (χ2v) is 3.04. The SMILES string of the molecule is CC(O)C(=O)c1ccccc1S. The lowest BCUT2D eigenvalue weighted by atomic mass is 10.1. The number of ketones is 1. The third kappa shape index (κ3) is 1.87. The topological polar surface area (TPSA) is 37.3 Å². The molecule has 12 heavy (non-hydrogen) atoms. The number of aliphatic hydroxyl groups is 1. The van der Waals surface area contributed by atoms with Gasteiger partial charge in [0.25, 0.3) is 0 Å². The second kappa shape index (κ2) is 3.74. The van der Waals surface area contributed by atoms with E-state index in [0.29, 0.717) is 10.5 Å². The first-order chi connectivity index (χ1) is 5.63. The maximum absolute atomic E-state index is 11.3. The van der Waals surface area contributed by atoms with Gasteiger partial charge in [0.2, 0.25) is 0 Å². The predicted molar refractivity (Wildman–Crippen MR) is 49.7 cm³/mol. The van der Waals surface area contributed by atoms with Crippen LogP contribution in [0.2, 0.25) is 0 Å². The number of Topliss-reactive ketones (excluding diaryl/α,β-unsaturated/α-hetero) is 1. The summed E-state index contributed by atoms with van der Waals surface area (Å²) in [6.07, 6.45) is -0.960. The fourth-order valence-corrected chi connectivity index (χ4v) is 1.18. The van der Waals surface area contributed by atoms with Crippen molar-refractivity contribution in [3.8, 4) is 0 Å². The van der Waals surface area contributed by atoms with Crippen molar-refractivity contribution in [3.05, 3.63) is 29.8 Å². The minimum absolute atomic E-state index is 0.291. The van der Waals surface area contributed by atoms with Crippen LogP contribution in [0.3, 0.4) is 0 Å². The highest BCUT2D eigenvalue weighted by Gasteiger charge is 2.13. The molecular weight excluding hydrogens is 172 g/mol. The number of rotatable bonds is 2. The Balaban J connectivity index is 3.03. The van der Waals surface area contributed by atoms with Gasteiger partial charge in [-0.1, -0.05) is 18.2 Å². The molecule has 0 fully saturated rings. The van der Waals surface area contributed by atoms with Crippen LogP contribution in [0.15, 0.2) is 29.2 Å². The van der Waals surface area contributed by atoms with Crippen molar-refractivity contribution in [1.82, 2.24) is 0 Å². The van der Waals surface area contributed by atoms with Crippen LogP contribution in [0, 0.1) is 0 Å². The van der Waals surface area contributed by atoms with E-state index in [2.05, 4.69) is 12.6 Å². The molecule has 3 heteroatoms. The Morgan fingerprint density at radius 1 is 1.50 bits per heavy atom.